The first-order valence-corrected chi connectivity index (χ1v) is 7.62. The first-order chi connectivity index (χ1) is 11.4. The molecule has 1 aromatic carbocycles. The van der Waals surface area contributed by atoms with Gasteiger partial charge in [0.1, 0.15) is 11.9 Å². The Morgan fingerprint density at radius 2 is 1.92 bits per heavy atom. The lowest BCUT2D eigenvalue weighted by atomic mass is 10.2. The maximum Gasteiger partial charge on any atom is 0.251 e. The van der Waals surface area contributed by atoms with Crippen LogP contribution in [0, 0.1) is 5.82 Å². The number of hydrogen-bond donors (Lipinski definition) is 3. The summed E-state index contributed by atoms with van der Waals surface area (Å²) in [4.78, 5) is 37.1. The summed E-state index contributed by atoms with van der Waals surface area (Å²) in [6.45, 7) is -0.765. The molecule has 0 heterocycles. The maximum atomic E-state index is 12.9. The molecule has 1 aliphatic carbocycles. The predicted octanol–water partition coefficient (Wildman–Crippen LogP) is -0.347. The van der Waals surface area contributed by atoms with Gasteiger partial charge in [-0.1, -0.05) is 0 Å². The van der Waals surface area contributed by atoms with Crippen molar-refractivity contribution in [2.75, 3.05) is 20.2 Å². The van der Waals surface area contributed by atoms with Gasteiger partial charge >= 0.3 is 0 Å². The summed E-state index contributed by atoms with van der Waals surface area (Å²) >= 11 is 0. The van der Waals surface area contributed by atoms with Crippen LogP contribution in [0.3, 0.4) is 0 Å². The van der Waals surface area contributed by atoms with Crippen LogP contribution in [0.4, 0.5) is 4.39 Å². The van der Waals surface area contributed by atoms with E-state index in [9.17, 15) is 23.9 Å². The Morgan fingerprint density at radius 1 is 1.29 bits per heavy atom. The average Bonchev–Trinajstić information content (AvgIpc) is 3.36. The third kappa shape index (κ3) is 5.02. The van der Waals surface area contributed by atoms with E-state index in [1.807, 2.05) is 0 Å². The van der Waals surface area contributed by atoms with Gasteiger partial charge in [-0.05, 0) is 37.1 Å². The second-order valence-corrected chi connectivity index (χ2v) is 5.75. The van der Waals surface area contributed by atoms with E-state index in [1.165, 1.54) is 19.2 Å². The zero-order chi connectivity index (χ0) is 17.7. The molecule has 1 atom stereocenters. The average molecular weight is 337 g/mol. The van der Waals surface area contributed by atoms with Gasteiger partial charge in [-0.2, -0.15) is 0 Å². The highest BCUT2D eigenvalue weighted by molar-refractivity contribution is 5.98. The van der Waals surface area contributed by atoms with Crippen LogP contribution in [0.1, 0.15) is 23.2 Å². The van der Waals surface area contributed by atoms with E-state index in [0.29, 0.717) is 0 Å². The van der Waals surface area contributed by atoms with Crippen LogP contribution in [-0.2, 0) is 9.59 Å². The van der Waals surface area contributed by atoms with Gasteiger partial charge in [0.25, 0.3) is 5.91 Å². The van der Waals surface area contributed by atoms with Crippen molar-refractivity contribution in [2.24, 2.45) is 0 Å². The van der Waals surface area contributed by atoms with Crippen molar-refractivity contribution in [1.29, 1.82) is 0 Å². The molecule has 0 saturated heterocycles. The first-order valence-electron chi connectivity index (χ1n) is 7.62. The van der Waals surface area contributed by atoms with Crippen molar-refractivity contribution in [3.05, 3.63) is 35.6 Å². The normalized spacial score (nSPS) is 14.6. The van der Waals surface area contributed by atoms with Gasteiger partial charge in [0, 0.05) is 18.7 Å². The fourth-order valence-corrected chi connectivity index (χ4v) is 2.09. The Bertz CT molecular complexity index is 616. The lowest BCUT2D eigenvalue weighted by Gasteiger charge is -2.23. The second-order valence-electron chi connectivity index (χ2n) is 5.75. The standard InChI is InChI=1S/C16H20FN3O4/c1-20(8-14(22)18-12-6-7-12)16(24)13(9-21)19-15(23)10-2-4-11(17)5-3-10/h2-5,12-13,21H,6-9H2,1H3,(H,18,22)(H,19,23)/t13-/m0/s1. The van der Waals surface area contributed by atoms with Crippen LogP contribution >= 0.6 is 0 Å². The van der Waals surface area contributed by atoms with Crippen molar-refractivity contribution < 1.29 is 23.9 Å². The van der Waals surface area contributed by atoms with E-state index in [2.05, 4.69) is 10.6 Å². The molecule has 0 unspecified atom stereocenters. The van der Waals surface area contributed by atoms with Crippen LogP contribution in [0.5, 0.6) is 0 Å². The van der Waals surface area contributed by atoms with Crippen molar-refractivity contribution >= 4 is 17.7 Å². The summed E-state index contributed by atoms with van der Waals surface area (Å²) in [7, 11) is 1.42. The second kappa shape index (κ2) is 7.87. The monoisotopic (exact) mass is 337 g/mol. The molecular formula is C16H20FN3O4. The molecule has 3 N–H and O–H groups in total. The van der Waals surface area contributed by atoms with Crippen LogP contribution < -0.4 is 10.6 Å². The quantitative estimate of drug-likeness (QED) is 0.633. The number of nitrogens with one attached hydrogen (secondary N) is 2. The molecule has 0 bridgehead atoms. The lowest BCUT2D eigenvalue weighted by molar-refractivity contribution is -0.137. The van der Waals surface area contributed by atoms with E-state index >= 15 is 0 Å². The number of likely N-dealkylation sites (N-methyl/N-ethyl adjacent to an activating group) is 1. The molecule has 3 amide bonds. The van der Waals surface area contributed by atoms with Crippen LogP contribution in [0.2, 0.25) is 0 Å². The summed E-state index contributed by atoms with van der Waals surface area (Å²) in [5, 5.41) is 14.5. The molecule has 7 nitrogen and oxygen atoms in total. The molecule has 1 aromatic rings. The molecule has 1 fully saturated rings. The number of rotatable bonds is 7. The zero-order valence-corrected chi connectivity index (χ0v) is 13.3. The molecule has 8 heteroatoms. The number of aliphatic hydroxyl groups excluding tert-OH is 1. The topological polar surface area (TPSA) is 98.7 Å². The van der Waals surface area contributed by atoms with E-state index in [-0.39, 0.29) is 24.1 Å². The summed E-state index contributed by atoms with van der Waals surface area (Å²) in [6.07, 6.45) is 1.88. The molecule has 0 spiro atoms. The van der Waals surface area contributed by atoms with Gasteiger partial charge in [-0.15, -0.1) is 0 Å². The van der Waals surface area contributed by atoms with Gasteiger partial charge < -0.3 is 20.6 Å². The minimum Gasteiger partial charge on any atom is -0.394 e. The molecule has 0 aromatic heterocycles. The van der Waals surface area contributed by atoms with Crippen molar-refractivity contribution in [3.8, 4) is 0 Å². The fourth-order valence-electron chi connectivity index (χ4n) is 2.09. The summed E-state index contributed by atoms with van der Waals surface area (Å²) in [6, 6.07) is 3.80. The minimum absolute atomic E-state index is 0.155. The molecule has 2 rings (SSSR count). The molecule has 0 radical (unpaired) electrons. The molecule has 24 heavy (non-hydrogen) atoms. The largest absolute Gasteiger partial charge is 0.394 e. The Morgan fingerprint density at radius 3 is 2.46 bits per heavy atom. The Balaban J connectivity index is 1.90. The highest BCUT2D eigenvalue weighted by Crippen LogP contribution is 2.18. The van der Waals surface area contributed by atoms with E-state index in [0.717, 1.165) is 29.9 Å². The van der Waals surface area contributed by atoms with E-state index in [4.69, 9.17) is 0 Å². The number of carbonyl (C=O) groups excluding carboxylic acids is 3. The van der Waals surface area contributed by atoms with Crippen molar-refractivity contribution in [1.82, 2.24) is 15.5 Å². The van der Waals surface area contributed by atoms with Crippen LogP contribution in [0.25, 0.3) is 0 Å². The lowest BCUT2D eigenvalue weighted by Crippen LogP contribution is -2.51. The molecule has 1 aliphatic rings. The van der Waals surface area contributed by atoms with E-state index < -0.39 is 30.3 Å². The maximum absolute atomic E-state index is 12.9. The zero-order valence-electron chi connectivity index (χ0n) is 13.3. The number of nitrogens with zero attached hydrogens (tertiary/aromatic N) is 1. The van der Waals surface area contributed by atoms with E-state index in [1.54, 1.807) is 0 Å². The Hall–Kier alpha value is -2.48. The number of halogens is 1. The smallest absolute Gasteiger partial charge is 0.251 e. The summed E-state index contributed by atoms with van der Waals surface area (Å²) in [5.41, 5.74) is 0.164. The third-order valence-electron chi connectivity index (χ3n) is 3.59. The third-order valence-corrected chi connectivity index (χ3v) is 3.59. The highest BCUT2D eigenvalue weighted by Gasteiger charge is 2.27. The van der Waals surface area contributed by atoms with Gasteiger partial charge in [0.05, 0.1) is 13.2 Å². The predicted molar refractivity (Wildman–Crippen MR) is 83.5 cm³/mol. The van der Waals surface area contributed by atoms with Crippen molar-refractivity contribution in [2.45, 2.75) is 24.9 Å². The van der Waals surface area contributed by atoms with Crippen molar-refractivity contribution in [3.63, 3.8) is 0 Å². The van der Waals surface area contributed by atoms with Gasteiger partial charge in [0.15, 0.2) is 0 Å². The Kier molecular flexibility index (Phi) is 5.86. The first kappa shape index (κ1) is 17.9. The molecule has 0 aliphatic heterocycles. The molecule has 1 saturated carbocycles. The molecule has 130 valence electrons. The van der Waals surface area contributed by atoms with Gasteiger partial charge in [0.2, 0.25) is 11.8 Å². The summed E-state index contributed by atoms with van der Waals surface area (Å²) < 4.78 is 12.9. The number of carbonyl (C=O) groups is 3. The highest BCUT2D eigenvalue weighted by atomic mass is 19.1. The minimum atomic E-state index is -1.18. The van der Waals surface area contributed by atoms with Gasteiger partial charge in [-0.25, -0.2) is 4.39 Å². The van der Waals surface area contributed by atoms with Gasteiger partial charge in [-0.3, -0.25) is 14.4 Å². The summed E-state index contributed by atoms with van der Waals surface area (Å²) in [5.74, 6) is -1.96. The number of aliphatic hydroxyl groups is 1. The number of benzene rings is 1. The molecular weight excluding hydrogens is 317 g/mol. The van der Waals surface area contributed by atoms with Crippen LogP contribution in [0.15, 0.2) is 24.3 Å². The number of hydrogen-bond acceptors (Lipinski definition) is 4. The Labute approximate surface area is 138 Å². The number of amides is 3. The SMILES string of the molecule is CN(CC(=O)NC1CC1)C(=O)[C@H](CO)NC(=O)c1ccc(F)cc1. The van der Waals surface area contributed by atoms with Crippen LogP contribution in [-0.4, -0.2) is 60.0 Å². The fraction of sp³-hybridized carbons (Fsp3) is 0.438.